The highest BCUT2D eigenvalue weighted by Crippen LogP contribution is 2.27. The lowest BCUT2D eigenvalue weighted by Crippen LogP contribution is -1.90. The summed E-state index contributed by atoms with van der Waals surface area (Å²) in [6.45, 7) is 10.5. The lowest BCUT2D eigenvalue weighted by molar-refractivity contribution is 0.916. The number of hydrogen-bond acceptors (Lipinski definition) is 0. The topological polar surface area (TPSA) is 4.93 Å². The molecule has 0 amide bonds. The van der Waals surface area contributed by atoms with Crippen LogP contribution in [0.5, 0.6) is 0 Å². The van der Waals surface area contributed by atoms with Gasteiger partial charge in [0, 0.05) is 29.2 Å². The van der Waals surface area contributed by atoms with Crippen LogP contribution in [0.25, 0.3) is 22.6 Å². The molecule has 2 aromatic carbocycles. The molecule has 3 rings (SSSR count). The third kappa shape index (κ3) is 3.23. The maximum Gasteiger partial charge on any atom is 0.0486 e. The van der Waals surface area contributed by atoms with Crippen LogP contribution < -0.4 is 0 Å². The zero-order valence-electron chi connectivity index (χ0n) is 15.5. The largest absolute Gasteiger partial charge is 0.347 e. The van der Waals surface area contributed by atoms with E-state index >= 15 is 0 Å². The van der Waals surface area contributed by atoms with E-state index in [4.69, 9.17) is 0 Å². The van der Waals surface area contributed by atoms with Gasteiger partial charge in [-0.1, -0.05) is 72.8 Å². The molecule has 126 valence electrons. The lowest BCUT2D eigenvalue weighted by Gasteiger charge is -2.09. The van der Waals surface area contributed by atoms with Gasteiger partial charge in [0.15, 0.2) is 0 Å². The molecule has 0 saturated carbocycles. The summed E-state index contributed by atoms with van der Waals surface area (Å²) in [5.74, 6) is 0. The van der Waals surface area contributed by atoms with Crippen molar-refractivity contribution in [3.05, 3.63) is 95.2 Å². The highest BCUT2D eigenvalue weighted by Gasteiger charge is 2.08. The summed E-state index contributed by atoms with van der Waals surface area (Å²) in [6, 6.07) is 17.0. The van der Waals surface area contributed by atoms with Crippen LogP contribution in [0.4, 0.5) is 0 Å². The molecule has 0 bridgehead atoms. The molecule has 0 saturated heterocycles. The Labute approximate surface area is 150 Å². The fourth-order valence-corrected chi connectivity index (χ4v) is 3.34. The second-order valence-electron chi connectivity index (χ2n) is 6.61. The van der Waals surface area contributed by atoms with Gasteiger partial charge in [-0.25, -0.2) is 0 Å². The highest BCUT2D eigenvalue weighted by atomic mass is 14.9. The van der Waals surface area contributed by atoms with Crippen LogP contribution in [0.3, 0.4) is 0 Å². The number of allylic oxidation sites excluding steroid dienone is 4. The molecule has 1 nitrogen and oxygen atoms in total. The van der Waals surface area contributed by atoms with Crippen molar-refractivity contribution in [3.63, 3.8) is 0 Å². The van der Waals surface area contributed by atoms with E-state index in [2.05, 4.69) is 106 Å². The third-order valence-corrected chi connectivity index (χ3v) is 4.87. The Hall–Kier alpha value is -2.80. The van der Waals surface area contributed by atoms with E-state index in [1.807, 2.05) is 0 Å². The average Bonchev–Trinajstić information content (AvgIpc) is 2.84. The van der Waals surface area contributed by atoms with Crippen molar-refractivity contribution < 1.29 is 0 Å². The molecule has 0 radical (unpaired) electrons. The standard InChI is InChI=1S/C24H25N/c1-17(2)20(21-12-7-6-11-18(21)3)14-10-15-22-19(4)25(5)24-16-9-8-13-23(22)24/h6-16H,1H2,2-5H3/b15-10+,20-14+. The summed E-state index contributed by atoms with van der Waals surface area (Å²) in [5.41, 5.74) is 8.60. The number of aromatic nitrogens is 1. The minimum atomic E-state index is 1.08. The van der Waals surface area contributed by atoms with Crippen LogP contribution in [0, 0.1) is 13.8 Å². The van der Waals surface area contributed by atoms with Crippen molar-refractivity contribution in [2.45, 2.75) is 20.8 Å². The van der Waals surface area contributed by atoms with Gasteiger partial charge in [0.05, 0.1) is 0 Å². The molecular formula is C24H25N. The maximum absolute atomic E-state index is 4.16. The third-order valence-electron chi connectivity index (χ3n) is 4.87. The Bertz CT molecular complexity index is 996. The molecule has 1 heterocycles. The molecule has 0 unspecified atom stereocenters. The van der Waals surface area contributed by atoms with Gasteiger partial charge in [-0.3, -0.25) is 0 Å². The monoisotopic (exact) mass is 327 g/mol. The molecule has 0 aliphatic rings. The summed E-state index contributed by atoms with van der Waals surface area (Å²) in [4.78, 5) is 0. The molecule has 0 spiro atoms. The SMILES string of the molecule is C=C(C)/C(=C\C=C\c1c(C)n(C)c2ccccc12)c1ccccc1C. The van der Waals surface area contributed by atoms with E-state index in [0.717, 1.165) is 5.57 Å². The fraction of sp³-hybridized carbons (Fsp3) is 0.167. The smallest absolute Gasteiger partial charge is 0.0486 e. The van der Waals surface area contributed by atoms with E-state index in [1.165, 1.54) is 38.9 Å². The Morgan fingerprint density at radius 1 is 1.00 bits per heavy atom. The van der Waals surface area contributed by atoms with Crippen LogP contribution in [0.15, 0.2) is 72.8 Å². The minimum absolute atomic E-state index is 1.08. The number of para-hydroxylation sites is 1. The normalized spacial score (nSPS) is 12.2. The zero-order valence-corrected chi connectivity index (χ0v) is 15.5. The predicted molar refractivity (Wildman–Crippen MR) is 111 cm³/mol. The number of benzene rings is 2. The Morgan fingerprint density at radius 3 is 2.40 bits per heavy atom. The fourth-order valence-electron chi connectivity index (χ4n) is 3.34. The van der Waals surface area contributed by atoms with Crippen LogP contribution in [-0.2, 0) is 7.05 Å². The van der Waals surface area contributed by atoms with Crippen LogP contribution in [-0.4, -0.2) is 4.57 Å². The molecule has 0 N–H and O–H groups in total. The van der Waals surface area contributed by atoms with Gasteiger partial charge in [0.25, 0.3) is 0 Å². The van der Waals surface area contributed by atoms with Gasteiger partial charge in [-0.2, -0.15) is 0 Å². The Kier molecular flexibility index (Phi) is 4.76. The number of fused-ring (bicyclic) bond motifs is 1. The van der Waals surface area contributed by atoms with Crippen molar-refractivity contribution >= 4 is 22.6 Å². The van der Waals surface area contributed by atoms with Crippen molar-refractivity contribution in [3.8, 4) is 0 Å². The van der Waals surface area contributed by atoms with E-state index in [9.17, 15) is 0 Å². The van der Waals surface area contributed by atoms with Crippen molar-refractivity contribution in [2.75, 3.05) is 0 Å². The van der Waals surface area contributed by atoms with E-state index < -0.39 is 0 Å². The first-order valence-electron chi connectivity index (χ1n) is 8.65. The first kappa shape index (κ1) is 17.0. The summed E-state index contributed by atoms with van der Waals surface area (Å²) >= 11 is 0. The number of nitrogens with zero attached hydrogens (tertiary/aromatic N) is 1. The van der Waals surface area contributed by atoms with Crippen LogP contribution in [0.2, 0.25) is 0 Å². The quantitative estimate of drug-likeness (QED) is 0.484. The van der Waals surface area contributed by atoms with Crippen LogP contribution >= 0.6 is 0 Å². The number of hydrogen-bond donors (Lipinski definition) is 0. The molecule has 1 heteroatoms. The van der Waals surface area contributed by atoms with E-state index in [-0.39, 0.29) is 0 Å². The molecule has 0 aliphatic carbocycles. The van der Waals surface area contributed by atoms with Gasteiger partial charge in [0.1, 0.15) is 0 Å². The average molecular weight is 327 g/mol. The molecule has 25 heavy (non-hydrogen) atoms. The Balaban J connectivity index is 2.04. The Morgan fingerprint density at radius 2 is 1.68 bits per heavy atom. The second kappa shape index (κ2) is 6.98. The van der Waals surface area contributed by atoms with Crippen molar-refractivity contribution in [1.82, 2.24) is 4.57 Å². The van der Waals surface area contributed by atoms with E-state index in [1.54, 1.807) is 0 Å². The van der Waals surface area contributed by atoms with Crippen molar-refractivity contribution in [1.29, 1.82) is 0 Å². The maximum atomic E-state index is 4.16. The number of rotatable bonds is 4. The van der Waals surface area contributed by atoms with Gasteiger partial charge < -0.3 is 4.57 Å². The molecule has 0 atom stereocenters. The minimum Gasteiger partial charge on any atom is -0.347 e. The second-order valence-corrected chi connectivity index (χ2v) is 6.61. The summed E-state index contributed by atoms with van der Waals surface area (Å²) in [5, 5.41) is 1.29. The highest BCUT2D eigenvalue weighted by molar-refractivity contribution is 5.91. The van der Waals surface area contributed by atoms with Gasteiger partial charge >= 0.3 is 0 Å². The lowest BCUT2D eigenvalue weighted by atomic mass is 9.95. The predicted octanol–water partition coefficient (Wildman–Crippen LogP) is 6.47. The molecule has 0 aliphatic heterocycles. The molecule has 0 fully saturated rings. The van der Waals surface area contributed by atoms with Crippen molar-refractivity contribution in [2.24, 2.45) is 7.05 Å². The van der Waals surface area contributed by atoms with Gasteiger partial charge in [-0.05, 0) is 43.5 Å². The summed E-state index contributed by atoms with van der Waals surface area (Å²) in [6.07, 6.45) is 6.52. The van der Waals surface area contributed by atoms with Gasteiger partial charge in [0.2, 0.25) is 0 Å². The molecular weight excluding hydrogens is 302 g/mol. The first-order valence-corrected chi connectivity index (χ1v) is 8.65. The zero-order chi connectivity index (χ0) is 18.0. The van der Waals surface area contributed by atoms with E-state index in [0.29, 0.717) is 0 Å². The summed E-state index contributed by atoms with van der Waals surface area (Å²) in [7, 11) is 2.12. The molecule has 1 aromatic heterocycles. The number of aryl methyl sites for hydroxylation is 2. The first-order chi connectivity index (χ1) is 12.0. The summed E-state index contributed by atoms with van der Waals surface area (Å²) < 4.78 is 2.25. The molecule has 3 aromatic rings. The van der Waals surface area contributed by atoms with Gasteiger partial charge in [-0.15, -0.1) is 0 Å². The van der Waals surface area contributed by atoms with Crippen LogP contribution in [0.1, 0.15) is 29.3 Å².